The second kappa shape index (κ2) is 9.24. The minimum absolute atomic E-state index is 0.214. The molecule has 1 fully saturated rings. The zero-order valence-corrected chi connectivity index (χ0v) is 14.1. The number of carbonyl (C=O) groups is 2. The van der Waals surface area contributed by atoms with E-state index in [0.29, 0.717) is 10.6 Å². The first-order valence-corrected chi connectivity index (χ1v) is 7.74. The Labute approximate surface area is 151 Å². The number of piperidine rings is 1. The SMILES string of the molecule is N#Cc1c(Cl)cncc1N1CCC(CC(=O)O)CC1.O=C(O)C(F)(F)F. The number of hydrogen-bond acceptors (Lipinski definition) is 5. The molecule has 7 nitrogen and oxygen atoms in total. The molecule has 0 aromatic carbocycles. The summed E-state index contributed by atoms with van der Waals surface area (Å²) in [6.45, 7) is 1.46. The minimum atomic E-state index is -5.08. The highest BCUT2D eigenvalue weighted by molar-refractivity contribution is 6.32. The van der Waals surface area contributed by atoms with E-state index in [1.54, 1.807) is 6.20 Å². The molecule has 26 heavy (non-hydrogen) atoms. The van der Waals surface area contributed by atoms with Crippen molar-refractivity contribution in [3.63, 3.8) is 0 Å². The van der Waals surface area contributed by atoms with Crippen molar-refractivity contribution in [2.75, 3.05) is 18.0 Å². The summed E-state index contributed by atoms with van der Waals surface area (Å²) in [7, 11) is 0. The molecule has 0 saturated carbocycles. The van der Waals surface area contributed by atoms with Crippen molar-refractivity contribution in [1.82, 2.24) is 4.98 Å². The lowest BCUT2D eigenvalue weighted by molar-refractivity contribution is -0.192. The normalized spacial score (nSPS) is 14.8. The Morgan fingerprint density at radius 1 is 1.31 bits per heavy atom. The molecule has 0 radical (unpaired) electrons. The molecule has 0 atom stereocenters. The molecule has 11 heteroatoms. The van der Waals surface area contributed by atoms with Crippen LogP contribution in [0.5, 0.6) is 0 Å². The average Bonchev–Trinajstić information content (AvgIpc) is 2.54. The maximum Gasteiger partial charge on any atom is 0.490 e. The molecule has 0 spiro atoms. The smallest absolute Gasteiger partial charge is 0.481 e. The minimum Gasteiger partial charge on any atom is -0.481 e. The van der Waals surface area contributed by atoms with Crippen LogP contribution in [0.3, 0.4) is 0 Å². The van der Waals surface area contributed by atoms with E-state index in [9.17, 15) is 18.0 Å². The molecule has 0 unspecified atom stereocenters. The van der Waals surface area contributed by atoms with Crippen LogP contribution in [0.1, 0.15) is 24.8 Å². The Balaban J connectivity index is 0.000000412. The van der Waals surface area contributed by atoms with E-state index in [-0.39, 0.29) is 12.3 Å². The van der Waals surface area contributed by atoms with E-state index in [1.807, 2.05) is 0 Å². The molecule has 0 bridgehead atoms. The number of rotatable bonds is 3. The molecular formula is C15H15ClF3N3O4. The first-order chi connectivity index (χ1) is 12.1. The molecule has 2 rings (SSSR count). The maximum absolute atomic E-state index is 10.7. The summed E-state index contributed by atoms with van der Waals surface area (Å²) in [4.78, 5) is 25.6. The van der Waals surface area contributed by atoms with Crippen molar-refractivity contribution in [2.24, 2.45) is 5.92 Å². The van der Waals surface area contributed by atoms with Crippen LogP contribution in [0.2, 0.25) is 5.02 Å². The Morgan fingerprint density at radius 2 is 1.85 bits per heavy atom. The van der Waals surface area contributed by atoms with Gasteiger partial charge < -0.3 is 15.1 Å². The third kappa shape index (κ3) is 6.40. The van der Waals surface area contributed by atoms with Crippen LogP contribution in [0.15, 0.2) is 12.4 Å². The van der Waals surface area contributed by atoms with Crippen LogP contribution in [-0.4, -0.2) is 46.4 Å². The molecule has 1 aliphatic heterocycles. The van der Waals surface area contributed by atoms with Gasteiger partial charge in [0.15, 0.2) is 0 Å². The largest absolute Gasteiger partial charge is 0.490 e. The summed E-state index contributed by atoms with van der Waals surface area (Å²) in [6.07, 6.45) is -0.150. The van der Waals surface area contributed by atoms with Gasteiger partial charge in [-0.25, -0.2) is 4.79 Å². The zero-order chi connectivity index (χ0) is 19.9. The second-order valence-corrected chi connectivity index (χ2v) is 5.87. The Bertz CT molecular complexity index is 698. The first kappa shape index (κ1) is 21.5. The van der Waals surface area contributed by atoms with E-state index < -0.39 is 18.1 Å². The molecule has 0 amide bonds. The number of nitriles is 1. The van der Waals surface area contributed by atoms with Crippen molar-refractivity contribution in [3.05, 3.63) is 23.0 Å². The van der Waals surface area contributed by atoms with Gasteiger partial charge in [-0.1, -0.05) is 11.6 Å². The summed E-state index contributed by atoms with van der Waals surface area (Å²) in [6, 6.07) is 2.10. The number of alkyl halides is 3. The number of anilines is 1. The van der Waals surface area contributed by atoms with Crippen molar-refractivity contribution < 1.29 is 33.0 Å². The lowest BCUT2D eigenvalue weighted by Gasteiger charge is -2.33. The van der Waals surface area contributed by atoms with Gasteiger partial charge in [-0.2, -0.15) is 18.4 Å². The molecule has 2 heterocycles. The summed E-state index contributed by atoms with van der Waals surface area (Å²) >= 11 is 5.96. The van der Waals surface area contributed by atoms with Gasteiger partial charge >= 0.3 is 18.1 Å². The summed E-state index contributed by atoms with van der Waals surface area (Å²) in [5, 5.41) is 25.4. The molecule has 2 N–H and O–H groups in total. The fourth-order valence-corrected chi connectivity index (χ4v) is 2.60. The highest BCUT2D eigenvalue weighted by Crippen LogP contribution is 2.30. The zero-order valence-electron chi connectivity index (χ0n) is 13.3. The van der Waals surface area contributed by atoms with Gasteiger partial charge in [0.2, 0.25) is 0 Å². The number of aromatic nitrogens is 1. The lowest BCUT2D eigenvalue weighted by Crippen LogP contribution is -2.34. The standard InChI is InChI=1S/C13H14ClN3O2.C2HF3O2/c14-11-7-16-8-12(10(11)6-15)17-3-1-9(2-4-17)5-13(18)19;3-2(4,5)1(6)7/h7-9H,1-5H2,(H,18,19);(H,6,7). The van der Waals surface area contributed by atoms with E-state index in [1.165, 1.54) is 6.20 Å². The van der Waals surface area contributed by atoms with Gasteiger partial charge in [0.05, 0.1) is 22.5 Å². The molecule has 142 valence electrons. The Morgan fingerprint density at radius 3 is 2.27 bits per heavy atom. The summed E-state index contributed by atoms with van der Waals surface area (Å²) < 4.78 is 31.7. The Kier molecular flexibility index (Phi) is 7.64. The van der Waals surface area contributed by atoms with Crippen LogP contribution in [0.4, 0.5) is 18.9 Å². The van der Waals surface area contributed by atoms with Gasteiger partial charge in [0.25, 0.3) is 0 Å². The van der Waals surface area contributed by atoms with Gasteiger partial charge in [-0.15, -0.1) is 0 Å². The van der Waals surface area contributed by atoms with Gasteiger partial charge in [0.1, 0.15) is 6.07 Å². The van der Waals surface area contributed by atoms with Gasteiger partial charge in [0, 0.05) is 25.7 Å². The van der Waals surface area contributed by atoms with E-state index in [0.717, 1.165) is 31.6 Å². The molecule has 1 aliphatic rings. The Hall–Kier alpha value is -2.54. The fourth-order valence-electron chi connectivity index (χ4n) is 2.40. The topological polar surface area (TPSA) is 115 Å². The van der Waals surface area contributed by atoms with Crippen molar-refractivity contribution >= 4 is 29.2 Å². The first-order valence-electron chi connectivity index (χ1n) is 7.36. The third-order valence-electron chi connectivity index (χ3n) is 3.65. The van der Waals surface area contributed by atoms with Crippen LogP contribution >= 0.6 is 11.6 Å². The number of halogens is 4. The van der Waals surface area contributed by atoms with E-state index in [4.69, 9.17) is 31.9 Å². The fraction of sp³-hybridized carbons (Fsp3) is 0.467. The maximum atomic E-state index is 10.7. The highest BCUT2D eigenvalue weighted by Gasteiger charge is 2.38. The second-order valence-electron chi connectivity index (χ2n) is 5.46. The number of carboxylic acids is 2. The quantitative estimate of drug-likeness (QED) is 0.811. The molecular weight excluding hydrogens is 379 g/mol. The number of aliphatic carboxylic acids is 2. The van der Waals surface area contributed by atoms with Crippen molar-refractivity contribution in [2.45, 2.75) is 25.4 Å². The van der Waals surface area contributed by atoms with Crippen molar-refractivity contribution in [1.29, 1.82) is 5.26 Å². The average molecular weight is 394 g/mol. The molecule has 1 aromatic heterocycles. The molecule has 0 aliphatic carbocycles. The van der Waals surface area contributed by atoms with Crippen molar-refractivity contribution in [3.8, 4) is 6.07 Å². The van der Waals surface area contributed by atoms with Crippen LogP contribution in [0.25, 0.3) is 0 Å². The summed E-state index contributed by atoms with van der Waals surface area (Å²) in [5.41, 5.74) is 1.18. The number of nitrogens with zero attached hydrogens (tertiary/aromatic N) is 3. The predicted octanol–water partition coefficient (Wildman–Crippen LogP) is 2.93. The van der Waals surface area contributed by atoms with Crippen LogP contribution in [0, 0.1) is 17.2 Å². The van der Waals surface area contributed by atoms with Gasteiger partial charge in [-0.05, 0) is 18.8 Å². The number of hydrogen-bond donors (Lipinski definition) is 2. The molecule has 1 saturated heterocycles. The monoisotopic (exact) mass is 393 g/mol. The third-order valence-corrected chi connectivity index (χ3v) is 3.94. The summed E-state index contributed by atoms with van der Waals surface area (Å²) in [5.74, 6) is -3.29. The van der Waals surface area contributed by atoms with E-state index >= 15 is 0 Å². The molecule has 1 aromatic rings. The highest BCUT2D eigenvalue weighted by atomic mass is 35.5. The number of pyridine rings is 1. The number of carboxylic acid groups (broad SMARTS) is 2. The predicted molar refractivity (Wildman–Crippen MR) is 84.8 cm³/mol. The van der Waals surface area contributed by atoms with Crippen LogP contribution < -0.4 is 4.90 Å². The van der Waals surface area contributed by atoms with Gasteiger partial charge in [-0.3, -0.25) is 9.78 Å². The lowest BCUT2D eigenvalue weighted by atomic mass is 9.93. The van der Waals surface area contributed by atoms with Crippen LogP contribution in [-0.2, 0) is 9.59 Å². The van der Waals surface area contributed by atoms with E-state index in [2.05, 4.69) is 16.0 Å².